The van der Waals surface area contributed by atoms with E-state index in [1.165, 1.54) is 4.90 Å². The first-order chi connectivity index (χ1) is 18.8. The van der Waals surface area contributed by atoms with Crippen LogP contribution in [0, 0.1) is 26.7 Å². The molecule has 0 unspecified atom stereocenters. The Balaban J connectivity index is 2.04. The standard InChI is InChI=1S/C31H38BrN3O4S/c1-21(2)18-33-31(37)25(6)34(19-26-9-11-27(32)12-10-26)30(36)20-35(28-16-23(4)15-24(5)17-28)40(38,39)29-13-7-22(3)8-14-29/h7-17,21,25H,18-20H2,1-6H3,(H,33,37)/t25-/m0/s1. The summed E-state index contributed by atoms with van der Waals surface area (Å²) >= 11 is 3.43. The van der Waals surface area contributed by atoms with Gasteiger partial charge in [-0.25, -0.2) is 8.42 Å². The van der Waals surface area contributed by atoms with Crippen molar-refractivity contribution < 1.29 is 18.0 Å². The van der Waals surface area contributed by atoms with Crippen molar-refractivity contribution in [3.8, 4) is 0 Å². The summed E-state index contributed by atoms with van der Waals surface area (Å²) in [5, 5.41) is 2.90. The van der Waals surface area contributed by atoms with Crippen molar-refractivity contribution in [1.82, 2.24) is 10.2 Å². The summed E-state index contributed by atoms with van der Waals surface area (Å²) in [5.41, 5.74) is 3.89. The van der Waals surface area contributed by atoms with Gasteiger partial charge in [0.15, 0.2) is 0 Å². The molecule has 3 aromatic rings. The summed E-state index contributed by atoms with van der Waals surface area (Å²) in [4.78, 5) is 28.6. The Hall–Kier alpha value is -3.17. The van der Waals surface area contributed by atoms with Crippen molar-refractivity contribution in [3.63, 3.8) is 0 Å². The van der Waals surface area contributed by atoms with Crippen molar-refractivity contribution in [2.75, 3.05) is 17.4 Å². The Labute approximate surface area is 246 Å². The summed E-state index contributed by atoms with van der Waals surface area (Å²) in [6, 6.07) is 18.7. The minimum absolute atomic E-state index is 0.0900. The van der Waals surface area contributed by atoms with Crippen LogP contribution in [0.2, 0.25) is 0 Å². The molecular weight excluding hydrogens is 590 g/mol. The van der Waals surface area contributed by atoms with Crippen LogP contribution in [0.3, 0.4) is 0 Å². The van der Waals surface area contributed by atoms with Gasteiger partial charge in [0.05, 0.1) is 10.6 Å². The summed E-state index contributed by atoms with van der Waals surface area (Å²) in [7, 11) is -4.10. The average Bonchev–Trinajstić information content (AvgIpc) is 2.89. The fraction of sp³-hybridized carbons (Fsp3) is 0.355. The Morgan fingerprint density at radius 2 is 1.43 bits per heavy atom. The number of anilines is 1. The molecule has 0 aliphatic carbocycles. The van der Waals surface area contributed by atoms with Crippen LogP contribution in [0.4, 0.5) is 5.69 Å². The SMILES string of the molecule is Cc1ccc(S(=O)(=O)N(CC(=O)N(Cc2ccc(Br)cc2)[C@@H](C)C(=O)NCC(C)C)c2cc(C)cc(C)c2)cc1. The van der Waals surface area contributed by atoms with E-state index < -0.39 is 28.5 Å². The van der Waals surface area contributed by atoms with E-state index in [-0.39, 0.29) is 23.3 Å². The Morgan fingerprint density at radius 3 is 1.98 bits per heavy atom. The molecule has 2 amide bonds. The Bertz CT molecular complexity index is 1420. The largest absolute Gasteiger partial charge is 0.354 e. The van der Waals surface area contributed by atoms with Crippen LogP contribution in [0.15, 0.2) is 76.1 Å². The summed E-state index contributed by atoms with van der Waals surface area (Å²) in [5.74, 6) is -0.532. The van der Waals surface area contributed by atoms with Gasteiger partial charge in [-0.3, -0.25) is 13.9 Å². The van der Waals surface area contributed by atoms with Gasteiger partial charge in [0.1, 0.15) is 12.6 Å². The molecule has 0 spiro atoms. The lowest BCUT2D eigenvalue weighted by Gasteiger charge is -2.32. The maximum absolute atomic E-state index is 14.0. The zero-order chi connectivity index (χ0) is 29.6. The van der Waals surface area contributed by atoms with Gasteiger partial charge in [-0.15, -0.1) is 0 Å². The molecule has 1 atom stereocenters. The fourth-order valence-corrected chi connectivity index (χ4v) is 5.94. The van der Waals surface area contributed by atoms with E-state index in [2.05, 4.69) is 21.2 Å². The molecule has 9 heteroatoms. The highest BCUT2D eigenvalue weighted by molar-refractivity contribution is 9.10. The summed E-state index contributed by atoms with van der Waals surface area (Å²) in [6.07, 6.45) is 0. The minimum Gasteiger partial charge on any atom is -0.354 e. The molecule has 0 bridgehead atoms. The Kier molecular flexibility index (Phi) is 10.6. The third kappa shape index (κ3) is 8.17. The van der Waals surface area contributed by atoms with Crippen molar-refractivity contribution in [2.45, 2.75) is 59.0 Å². The monoisotopic (exact) mass is 627 g/mol. The molecule has 3 rings (SSSR count). The number of rotatable bonds is 11. The summed E-state index contributed by atoms with van der Waals surface area (Å²) in [6.45, 7) is 11.5. The van der Waals surface area contributed by atoms with Crippen LogP contribution in [-0.2, 0) is 26.2 Å². The topological polar surface area (TPSA) is 86.8 Å². The zero-order valence-electron chi connectivity index (χ0n) is 23.9. The number of carbonyl (C=O) groups excluding carboxylic acids is 2. The van der Waals surface area contributed by atoms with E-state index in [1.807, 2.05) is 65.0 Å². The maximum atomic E-state index is 14.0. The molecule has 0 aliphatic heterocycles. The summed E-state index contributed by atoms with van der Waals surface area (Å²) < 4.78 is 30.0. The molecule has 0 aromatic heterocycles. The van der Waals surface area contributed by atoms with Crippen LogP contribution >= 0.6 is 15.9 Å². The van der Waals surface area contributed by atoms with Crippen LogP contribution in [-0.4, -0.2) is 44.3 Å². The number of benzene rings is 3. The molecule has 0 radical (unpaired) electrons. The van der Waals surface area contributed by atoms with Crippen LogP contribution < -0.4 is 9.62 Å². The molecule has 0 saturated carbocycles. The van der Waals surface area contributed by atoms with E-state index in [9.17, 15) is 18.0 Å². The van der Waals surface area contributed by atoms with Gasteiger partial charge < -0.3 is 10.2 Å². The third-order valence-electron chi connectivity index (χ3n) is 6.50. The van der Waals surface area contributed by atoms with Gasteiger partial charge >= 0.3 is 0 Å². The van der Waals surface area contributed by atoms with Gasteiger partial charge in [0.25, 0.3) is 10.0 Å². The molecule has 0 saturated heterocycles. The number of amides is 2. The molecule has 1 N–H and O–H groups in total. The number of hydrogen-bond acceptors (Lipinski definition) is 4. The normalized spacial score (nSPS) is 12.2. The zero-order valence-corrected chi connectivity index (χ0v) is 26.3. The van der Waals surface area contributed by atoms with Crippen LogP contribution in [0.5, 0.6) is 0 Å². The second-order valence-electron chi connectivity index (χ2n) is 10.6. The molecule has 0 fully saturated rings. The predicted molar refractivity (Wildman–Crippen MR) is 164 cm³/mol. The number of halogens is 1. The smallest absolute Gasteiger partial charge is 0.264 e. The second kappa shape index (κ2) is 13.5. The number of nitrogens with zero attached hydrogens (tertiary/aromatic N) is 2. The van der Waals surface area contributed by atoms with E-state index in [0.717, 1.165) is 31.0 Å². The highest BCUT2D eigenvalue weighted by Crippen LogP contribution is 2.27. The number of carbonyl (C=O) groups is 2. The van der Waals surface area contributed by atoms with Crippen molar-refractivity contribution in [1.29, 1.82) is 0 Å². The number of aryl methyl sites for hydroxylation is 3. The average molecular weight is 629 g/mol. The molecular formula is C31H38BrN3O4S. The second-order valence-corrected chi connectivity index (χ2v) is 13.4. The minimum atomic E-state index is -4.10. The van der Waals surface area contributed by atoms with E-state index in [1.54, 1.807) is 43.3 Å². The first kappa shape index (κ1) is 31.4. The quantitative estimate of drug-likeness (QED) is 0.293. The molecule has 0 heterocycles. The number of hydrogen-bond donors (Lipinski definition) is 1. The highest BCUT2D eigenvalue weighted by atomic mass is 79.9. The molecule has 7 nitrogen and oxygen atoms in total. The van der Waals surface area contributed by atoms with E-state index >= 15 is 0 Å². The maximum Gasteiger partial charge on any atom is 0.264 e. The van der Waals surface area contributed by atoms with Crippen LogP contribution in [0.1, 0.15) is 43.0 Å². The van der Waals surface area contributed by atoms with E-state index in [4.69, 9.17) is 0 Å². The molecule has 214 valence electrons. The van der Waals surface area contributed by atoms with Crippen molar-refractivity contribution in [2.24, 2.45) is 5.92 Å². The van der Waals surface area contributed by atoms with Crippen LogP contribution in [0.25, 0.3) is 0 Å². The molecule has 0 aliphatic rings. The van der Waals surface area contributed by atoms with Gasteiger partial charge in [0, 0.05) is 17.6 Å². The Morgan fingerprint density at radius 1 is 0.850 bits per heavy atom. The van der Waals surface area contributed by atoms with Crippen molar-refractivity contribution >= 4 is 43.5 Å². The third-order valence-corrected chi connectivity index (χ3v) is 8.82. The van der Waals surface area contributed by atoms with Gasteiger partial charge in [-0.1, -0.05) is 65.7 Å². The first-order valence-electron chi connectivity index (χ1n) is 13.3. The lowest BCUT2D eigenvalue weighted by atomic mass is 10.1. The first-order valence-corrected chi connectivity index (χ1v) is 15.5. The van der Waals surface area contributed by atoms with Gasteiger partial charge in [-0.2, -0.15) is 0 Å². The van der Waals surface area contributed by atoms with Gasteiger partial charge in [0.2, 0.25) is 11.8 Å². The fourth-order valence-electron chi connectivity index (χ4n) is 4.28. The highest BCUT2D eigenvalue weighted by Gasteiger charge is 2.32. The lowest BCUT2D eigenvalue weighted by Crippen LogP contribution is -2.51. The van der Waals surface area contributed by atoms with Gasteiger partial charge in [-0.05, 0) is 86.7 Å². The molecule has 40 heavy (non-hydrogen) atoms. The van der Waals surface area contributed by atoms with E-state index in [0.29, 0.717) is 12.2 Å². The molecule has 3 aromatic carbocycles. The predicted octanol–water partition coefficient (Wildman–Crippen LogP) is 5.76. The lowest BCUT2D eigenvalue weighted by molar-refractivity contribution is -0.139. The van der Waals surface area contributed by atoms with Crippen molar-refractivity contribution in [3.05, 3.63) is 93.5 Å². The number of sulfonamides is 1. The number of nitrogens with one attached hydrogen (secondary N) is 1.